The number of carbonyl (C=O) groups excluding carboxylic acids is 2. The van der Waals surface area contributed by atoms with E-state index < -0.39 is 0 Å². The molecule has 5 nitrogen and oxygen atoms in total. The Bertz CT molecular complexity index is 828. The van der Waals surface area contributed by atoms with E-state index in [4.69, 9.17) is 4.74 Å². The number of ether oxygens (including phenoxy) is 1. The molecule has 0 N–H and O–H groups in total. The number of carbonyl (C=O) groups is 2. The van der Waals surface area contributed by atoms with Crippen LogP contribution in [0.1, 0.15) is 44.1 Å². The van der Waals surface area contributed by atoms with E-state index in [2.05, 4.69) is 18.2 Å². The van der Waals surface area contributed by atoms with Gasteiger partial charge in [0.25, 0.3) is 5.91 Å². The molecule has 1 atom stereocenters. The second kappa shape index (κ2) is 8.95. The Morgan fingerprint density at radius 1 is 1.17 bits per heavy atom. The van der Waals surface area contributed by atoms with Crippen molar-refractivity contribution in [1.29, 1.82) is 0 Å². The molecule has 1 aromatic carbocycles. The summed E-state index contributed by atoms with van der Waals surface area (Å²) in [6.45, 7) is 2.48. The highest BCUT2D eigenvalue weighted by Gasteiger charge is 2.40. The summed E-state index contributed by atoms with van der Waals surface area (Å²) in [6.07, 6.45) is 7.46. The number of amides is 2. The second-order valence-electron chi connectivity index (χ2n) is 8.12. The van der Waals surface area contributed by atoms with Crippen LogP contribution in [-0.2, 0) is 14.3 Å². The first-order chi connectivity index (χ1) is 14.2. The van der Waals surface area contributed by atoms with Crippen molar-refractivity contribution in [3.63, 3.8) is 0 Å². The fourth-order valence-electron chi connectivity index (χ4n) is 4.85. The quantitative estimate of drug-likeness (QED) is 0.743. The topological polar surface area (TPSA) is 49.9 Å². The van der Waals surface area contributed by atoms with Gasteiger partial charge in [0.2, 0.25) is 5.91 Å². The van der Waals surface area contributed by atoms with Gasteiger partial charge in [-0.25, -0.2) is 0 Å². The molecule has 0 spiro atoms. The van der Waals surface area contributed by atoms with Crippen LogP contribution in [0, 0.1) is 0 Å². The number of hydrogen-bond acceptors (Lipinski definition) is 3. The van der Waals surface area contributed by atoms with Gasteiger partial charge < -0.3 is 14.5 Å². The van der Waals surface area contributed by atoms with E-state index in [1.54, 1.807) is 7.11 Å². The highest BCUT2D eigenvalue weighted by Crippen LogP contribution is 2.38. The summed E-state index contributed by atoms with van der Waals surface area (Å²) in [6, 6.07) is 10.5. The van der Waals surface area contributed by atoms with Gasteiger partial charge >= 0.3 is 0 Å². The standard InChI is InChI=1S/C24H30N2O3/c1-29-16-15-26-22-10-6-5-9-20(22)21(24(26)28)17-23(27)25-13-11-19(12-14-25)18-7-3-2-4-8-18/h2-4,7-8,11,22H,5-6,9-10,12-17H2,1H3. The second-order valence-corrected chi connectivity index (χ2v) is 8.12. The Labute approximate surface area is 173 Å². The van der Waals surface area contributed by atoms with E-state index in [-0.39, 0.29) is 24.3 Å². The normalized spacial score (nSPS) is 22.0. The molecule has 1 aromatic rings. The Balaban J connectivity index is 1.44. The third kappa shape index (κ3) is 4.15. The van der Waals surface area contributed by atoms with Crippen molar-refractivity contribution < 1.29 is 14.3 Å². The molecule has 1 aliphatic carbocycles. The summed E-state index contributed by atoms with van der Waals surface area (Å²) in [4.78, 5) is 29.9. The minimum absolute atomic E-state index is 0.0508. The Morgan fingerprint density at radius 3 is 2.72 bits per heavy atom. The third-order valence-corrected chi connectivity index (χ3v) is 6.43. The maximum absolute atomic E-state index is 13.1. The predicted molar refractivity (Wildman–Crippen MR) is 113 cm³/mol. The summed E-state index contributed by atoms with van der Waals surface area (Å²) >= 11 is 0. The minimum atomic E-state index is 0.0508. The van der Waals surface area contributed by atoms with Crippen molar-refractivity contribution in [2.75, 3.05) is 33.4 Å². The van der Waals surface area contributed by atoms with Crippen molar-refractivity contribution in [3.05, 3.63) is 53.1 Å². The van der Waals surface area contributed by atoms with Gasteiger partial charge in [0.1, 0.15) is 0 Å². The van der Waals surface area contributed by atoms with Crippen molar-refractivity contribution in [3.8, 4) is 0 Å². The first kappa shape index (κ1) is 19.9. The molecule has 1 unspecified atom stereocenters. The number of rotatable bonds is 6. The van der Waals surface area contributed by atoms with Crippen molar-refractivity contribution >= 4 is 17.4 Å². The lowest BCUT2D eigenvalue weighted by Gasteiger charge is -2.29. The van der Waals surface area contributed by atoms with Crippen LogP contribution in [0.15, 0.2) is 47.6 Å². The summed E-state index contributed by atoms with van der Waals surface area (Å²) in [5, 5.41) is 0. The van der Waals surface area contributed by atoms with Gasteiger partial charge in [0, 0.05) is 32.3 Å². The highest BCUT2D eigenvalue weighted by atomic mass is 16.5. The fraction of sp³-hybridized carbons (Fsp3) is 0.500. The average Bonchev–Trinajstić information content (AvgIpc) is 3.04. The Hall–Kier alpha value is -2.40. The maximum atomic E-state index is 13.1. The molecule has 4 rings (SSSR count). The van der Waals surface area contributed by atoms with Crippen LogP contribution in [-0.4, -0.2) is 61.0 Å². The van der Waals surface area contributed by atoms with Gasteiger partial charge in [0.05, 0.1) is 19.1 Å². The van der Waals surface area contributed by atoms with E-state index in [1.165, 1.54) is 16.7 Å². The molecular weight excluding hydrogens is 364 g/mol. The summed E-state index contributed by atoms with van der Waals surface area (Å²) in [5.74, 6) is 0.122. The molecule has 29 heavy (non-hydrogen) atoms. The maximum Gasteiger partial charge on any atom is 0.250 e. The smallest absolute Gasteiger partial charge is 0.250 e. The lowest BCUT2D eigenvalue weighted by Crippen LogP contribution is -2.39. The zero-order valence-corrected chi connectivity index (χ0v) is 17.2. The van der Waals surface area contributed by atoms with E-state index >= 15 is 0 Å². The first-order valence-corrected chi connectivity index (χ1v) is 10.7. The number of fused-ring (bicyclic) bond motifs is 1. The molecule has 2 aliphatic heterocycles. The molecule has 2 amide bonds. The van der Waals surface area contributed by atoms with E-state index in [1.807, 2.05) is 28.0 Å². The first-order valence-electron chi connectivity index (χ1n) is 10.7. The molecule has 3 aliphatic rings. The minimum Gasteiger partial charge on any atom is -0.383 e. The lowest BCUT2D eigenvalue weighted by molar-refractivity contribution is -0.133. The summed E-state index contributed by atoms with van der Waals surface area (Å²) < 4.78 is 5.20. The molecule has 154 valence electrons. The van der Waals surface area contributed by atoms with Gasteiger partial charge in [-0.1, -0.05) is 42.8 Å². The predicted octanol–water partition coefficient (Wildman–Crippen LogP) is 3.42. The van der Waals surface area contributed by atoms with Crippen LogP contribution in [0.25, 0.3) is 5.57 Å². The van der Waals surface area contributed by atoms with E-state index in [0.29, 0.717) is 26.2 Å². The van der Waals surface area contributed by atoms with Crippen molar-refractivity contribution in [2.45, 2.75) is 44.6 Å². The van der Waals surface area contributed by atoms with Gasteiger partial charge in [-0.3, -0.25) is 9.59 Å². The fourth-order valence-corrected chi connectivity index (χ4v) is 4.85. The SMILES string of the molecule is COCCN1C(=O)C(CC(=O)N2CC=C(c3ccccc3)CC2)=C2CCCCC21. The number of nitrogens with zero attached hydrogens (tertiary/aromatic N) is 2. The van der Waals surface area contributed by atoms with Gasteiger partial charge in [-0.2, -0.15) is 0 Å². The van der Waals surface area contributed by atoms with E-state index in [9.17, 15) is 9.59 Å². The Morgan fingerprint density at radius 2 is 2.00 bits per heavy atom. The molecule has 1 fully saturated rings. The van der Waals surface area contributed by atoms with Crippen LogP contribution >= 0.6 is 0 Å². The molecule has 0 aromatic heterocycles. The number of benzene rings is 1. The molecule has 0 saturated heterocycles. The molecule has 0 radical (unpaired) electrons. The van der Waals surface area contributed by atoms with Crippen LogP contribution in [0.5, 0.6) is 0 Å². The number of methoxy groups -OCH3 is 1. The Kier molecular flexibility index (Phi) is 6.14. The molecule has 1 saturated carbocycles. The van der Waals surface area contributed by atoms with E-state index in [0.717, 1.165) is 37.7 Å². The molecule has 2 heterocycles. The van der Waals surface area contributed by atoms with Crippen molar-refractivity contribution in [1.82, 2.24) is 9.80 Å². The van der Waals surface area contributed by atoms with Crippen LogP contribution < -0.4 is 0 Å². The highest BCUT2D eigenvalue weighted by molar-refractivity contribution is 6.02. The zero-order chi connectivity index (χ0) is 20.2. The average molecular weight is 395 g/mol. The summed E-state index contributed by atoms with van der Waals surface area (Å²) in [7, 11) is 1.66. The molecule has 5 heteroatoms. The van der Waals surface area contributed by atoms with Crippen molar-refractivity contribution in [2.24, 2.45) is 0 Å². The van der Waals surface area contributed by atoms with Crippen LogP contribution in [0.2, 0.25) is 0 Å². The zero-order valence-electron chi connectivity index (χ0n) is 17.2. The van der Waals surface area contributed by atoms with Gasteiger partial charge in [0.15, 0.2) is 0 Å². The lowest BCUT2D eigenvalue weighted by atomic mass is 9.88. The van der Waals surface area contributed by atoms with Gasteiger partial charge in [-0.15, -0.1) is 0 Å². The van der Waals surface area contributed by atoms with Crippen LogP contribution in [0.4, 0.5) is 0 Å². The number of hydrogen-bond donors (Lipinski definition) is 0. The largest absolute Gasteiger partial charge is 0.383 e. The van der Waals surface area contributed by atoms with Crippen LogP contribution in [0.3, 0.4) is 0 Å². The molecule has 0 bridgehead atoms. The van der Waals surface area contributed by atoms with Gasteiger partial charge in [-0.05, 0) is 42.4 Å². The summed E-state index contributed by atoms with van der Waals surface area (Å²) in [5.41, 5.74) is 4.50. The third-order valence-electron chi connectivity index (χ3n) is 6.43. The monoisotopic (exact) mass is 394 g/mol. The molecular formula is C24H30N2O3.